The maximum absolute atomic E-state index is 12.0. The Morgan fingerprint density at radius 1 is 1.04 bits per heavy atom. The van der Waals surface area contributed by atoms with E-state index in [4.69, 9.17) is 23.2 Å². The number of amides is 1. The first-order valence-electron chi connectivity index (χ1n) is 7.43. The number of nitrogens with one attached hydrogen (secondary N) is 2. The van der Waals surface area contributed by atoms with E-state index in [1.807, 2.05) is 24.3 Å². The Hall–Kier alpha value is -2.04. The Morgan fingerprint density at radius 2 is 1.67 bits per heavy atom. The Labute approximate surface area is 151 Å². The number of halogens is 2. The van der Waals surface area contributed by atoms with Crippen LogP contribution >= 0.6 is 23.2 Å². The molecule has 0 heterocycles. The first kappa shape index (κ1) is 18.3. The molecule has 24 heavy (non-hydrogen) atoms. The van der Waals surface area contributed by atoms with Crippen molar-refractivity contribution in [2.24, 2.45) is 5.10 Å². The minimum Gasteiger partial charge on any atom is -0.318 e. The van der Waals surface area contributed by atoms with E-state index >= 15 is 0 Å². The number of hydrogen-bond donors (Lipinski definition) is 2. The van der Waals surface area contributed by atoms with E-state index in [0.29, 0.717) is 10.7 Å². The molecule has 0 bridgehead atoms. The Kier molecular flexibility index (Phi) is 5.86. The molecule has 0 fully saturated rings. The van der Waals surface area contributed by atoms with Gasteiger partial charge in [0.25, 0.3) is 5.91 Å². The number of para-hydroxylation sites is 1. The maximum atomic E-state index is 12.0. The third kappa shape index (κ3) is 4.98. The highest BCUT2D eigenvalue weighted by molar-refractivity contribution is 6.84. The van der Waals surface area contributed by atoms with Crippen LogP contribution in [0, 0.1) is 0 Å². The van der Waals surface area contributed by atoms with Crippen molar-refractivity contribution < 1.29 is 4.79 Å². The number of nitrogens with zero attached hydrogens (tertiary/aromatic N) is 1. The predicted molar refractivity (Wildman–Crippen MR) is 102 cm³/mol. The van der Waals surface area contributed by atoms with Gasteiger partial charge >= 0.3 is 0 Å². The molecular formula is C18H19Cl2N3O. The van der Waals surface area contributed by atoms with Gasteiger partial charge in [0.15, 0.2) is 0 Å². The van der Waals surface area contributed by atoms with Crippen molar-refractivity contribution in [2.75, 3.05) is 10.7 Å². The van der Waals surface area contributed by atoms with Gasteiger partial charge in [0.1, 0.15) is 0 Å². The molecule has 0 spiro atoms. The summed E-state index contributed by atoms with van der Waals surface area (Å²) in [4.78, 5) is 12.0. The second-order valence-electron chi connectivity index (χ2n) is 6.28. The Bertz CT molecular complexity index is 750. The molecule has 0 aromatic heterocycles. The van der Waals surface area contributed by atoms with Crippen molar-refractivity contribution in [1.29, 1.82) is 0 Å². The van der Waals surface area contributed by atoms with Crippen LogP contribution < -0.4 is 10.7 Å². The molecule has 0 atom stereocenters. The van der Waals surface area contributed by atoms with Crippen molar-refractivity contribution in [3.63, 3.8) is 0 Å². The van der Waals surface area contributed by atoms with Gasteiger partial charge in [-0.1, -0.05) is 68.2 Å². The van der Waals surface area contributed by atoms with Crippen LogP contribution in [0.4, 0.5) is 11.4 Å². The zero-order valence-corrected chi connectivity index (χ0v) is 15.2. The molecule has 6 heteroatoms. The van der Waals surface area contributed by atoms with E-state index in [1.54, 1.807) is 24.3 Å². The number of rotatable bonds is 4. The zero-order valence-electron chi connectivity index (χ0n) is 13.7. The van der Waals surface area contributed by atoms with Crippen LogP contribution in [0.3, 0.4) is 0 Å². The largest absolute Gasteiger partial charge is 0.318 e. The molecule has 0 aliphatic heterocycles. The summed E-state index contributed by atoms with van der Waals surface area (Å²) in [6.45, 7) is 6.43. The summed E-state index contributed by atoms with van der Waals surface area (Å²) in [7, 11) is 0. The molecule has 0 aliphatic carbocycles. The van der Waals surface area contributed by atoms with E-state index in [-0.39, 0.29) is 10.6 Å². The summed E-state index contributed by atoms with van der Waals surface area (Å²) in [5.74, 6) is -0.538. The van der Waals surface area contributed by atoms with Crippen LogP contribution in [0.15, 0.2) is 53.6 Å². The quantitative estimate of drug-likeness (QED) is 0.576. The highest BCUT2D eigenvalue weighted by atomic mass is 35.5. The summed E-state index contributed by atoms with van der Waals surface area (Å²) < 4.78 is 0. The molecule has 0 saturated carbocycles. The van der Waals surface area contributed by atoms with Gasteiger partial charge in [-0.2, -0.15) is 5.10 Å². The number of carbonyl (C=O) groups excluding carboxylic acids is 1. The van der Waals surface area contributed by atoms with Crippen LogP contribution in [-0.4, -0.2) is 11.1 Å². The third-order valence-corrected chi connectivity index (χ3v) is 3.93. The van der Waals surface area contributed by atoms with Crippen LogP contribution in [0.25, 0.3) is 0 Å². The number of anilines is 2. The molecule has 4 nitrogen and oxygen atoms in total. The van der Waals surface area contributed by atoms with Gasteiger partial charge in [0.05, 0.1) is 16.4 Å². The Balaban J connectivity index is 2.00. The molecule has 0 aliphatic rings. The molecule has 2 N–H and O–H groups in total. The minimum atomic E-state index is -0.538. The maximum Gasteiger partial charge on any atom is 0.287 e. The van der Waals surface area contributed by atoms with Gasteiger partial charge in [0, 0.05) is 0 Å². The van der Waals surface area contributed by atoms with Crippen LogP contribution in [0.5, 0.6) is 0 Å². The van der Waals surface area contributed by atoms with E-state index in [2.05, 4.69) is 36.6 Å². The molecule has 0 saturated heterocycles. The lowest BCUT2D eigenvalue weighted by Crippen LogP contribution is -2.19. The molecule has 126 valence electrons. The summed E-state index contributed by atoms with van der Waals surface area (Å²) in [6.07, 6.45) is 0. The predicted octanol–water partition coefficient (Wildman–Crippen LogP) is 5.24. The molecule has 1 amide bonds. The van der Waals surface area contributed by atoms with Crippen molar-refractivity contribution in [3.05, 3.63) is 59.1 Å². The summed E-state index contributed by atoms with van der Waals surface area (Å²) in [5.41, 5.74) is 5.27. The number of carbonyl (C=O) groups is 1. The molecule has 0 radical (unpaired) electrons. The van der Waals surface area contributed by atoms with Crippen molar-refractivity contribution in [3.8, 4) is 0 Å². The van der Waals surface area contributed by atoms with E-state index in [1.165, 1.54) is 5.56 Å². The lowest BCUT2D eigenvalue weighted by atomic mass is 9.87. The Morgan fingerprint density at radius 3 is 2.25 bits per heavy atom. The average molecular weight is 364 g/mol. The van der Waals surface area contributed by atoms with Crippen LogP contribution in [0.1, 0.15) is 26.3 Å². The fourth-order valence-electron chi connectivity index (χ4n) is 1.95. The summed E-state index contributed by atoms with van der Waals surface area (Å²) in [5, 5.41) is 6.71. The van der Waals surface area contributed by atoms with Gasteiger partial charge < -0.3 is 5.32 Å². The fourth-order valence-corrected chi connectivity index (χ4v) is 2.22. The van der Waals surface area contributed by atoms with E-state index < -0.39 is 5.91 Å². The highest BCUT2D eigenvalue weighted by Crippen LogP contribution is 2.23. The third-order valence-electron chi connectivity index (χ3n) is 3.34. The van der Waals surface area contributed by atoms with Crippen molar-refractivity contribution >= 4 is 45.7 Å². The van der Waals surface area contributed by atoms with Gasteiger partial charge in [-0.25, -0.2) is 0 Å². The molecule has 2 aromatic rings. The second-order valence-corrected chi connectivity index (χ2v) is 7.04. The standard InChI is InChI=1S/C18H19Cl2N3O/c1-18(2,3)12-8-10-13(11-9-12)22-23-16(20)17(24)21-15-7-5-4-6-14(15)19/h4-11,22H,1-3H3,(H,21,24). The SMILES string of the molecule is CC(C)(C)c1ccc(NN=C(Cl)C(=O)Nc2ccccc2Cl)cc1. The number of benzene rings is 2. The van der Waals surface area contributed by atoms with Crippen LogP contribution in [0.2, 0.25) is 5.02 Å². The smallest absolute Gasteiger partial charge is 0.287 e. The lowest BCUT2D eigenvalue weighted by Gasteiger charge is -2.19. The summed E-state index contributed by atoms with van der Waals surface area (Å²) >= 11 is 11.9. The van der Waals surface area contributed by atoms with Gasteiger partial charge in [-0.3, -0.25) is 10.2 Å². The van der Waals surface area contributed by atoms with E-state index in [9.17, 15) is 4.79 Å². The number of hydrazone groups is 1. The molecule has 2 aromatic carbocycles. The van der Waals surface area contributed by atoms with Gasteiger partial charge in [-0.05, 0) is 35.2 Å². The molecular weight excluding hydrogens is 345 g/mol. The molecule has 0 unspecified atom stereocenters. The van der Waals surface area contributed by atoms with Gasteiger partial charge in [0.2, 0.25) is 5.17 Å². The molecule has 2 rings (SSSR count). The summed E-state index contributed by atoms with van der Waals surface area (Å²) in [6, 6.07) is 14.7. The normalized spacial score (nSPS) is 12.0. The fraction of sp³-hybridized carbons (Fsp3) is 0.222. The topological polar surface area (TPSA) is 53.5 Å². The zero-order chi connectivity index (χ0) is 17.7. The second kappa shape index (κ2) is 7.69. The minimum absolute atomic E-state index is 0.0777. The monoisotopic (exact) mass is 363 g/mol. The first-order chi connectivity index (χ1) is 11.3. The van der Waals surface area contributed by atoms with Crippen LogP contribution in [-0.2, 0) is 10.2 Å². The average Bonchev–Trinajstić information content (AvgIpc) is 2.54. The van der Waals surface area contributed by atoms with Gasteiger partial charge in [-0.15, -0.1) is 0 Å². The highest BCUT2D eigenvalue weighted by Gasteiger charge is 2.13. The number of hydrogen-bond acceptors (Lipinski definition) is 3. The van der Waals surface area contributed by atoms with Crippen molar-refractivity contribution in [2.45, 2.75) is 26.2 Å². The lowest BCUT2D eigenvalue weighted by molar-refractivity contribution is -0.110. The first-order valence-corrected chi connectivity index (χ1v) is 8.18. The van der Waals surface area contributed by atoms with E-state index in [0.717, 1.165) is 5.69 Å². The van der Waals surface area contributed by atoms with Crippen molar-refractivity contribution in [1.82, 2.24) is 0 Å².